The summed E-state index contributed by atoms with van der Waals surface area (Å²) in [7, 11) is 5.16. The van der Waals surface area contributed by atoms with Crippen molar-refractivity contribution < 1.29 is 14.3 Å². The van der Waals surface area contributed by atoms with E-state index >= 15 is 0 Å². The van der Waals surface area contributed by atoms with Crippen LogP contribution in [0.3, 0.4) is 0 Å². The third kappa shape index (κ3) is 5.16. The molecule has 0 spiro atoms. The summed E-state index contributed by atoms with van der Waals surface area (Å²) in [4.78, 5) is 16.7. The van der Waals surface area contributed by atoms with Crippen molar-refractivity contribution in [2.75, 3.05) is 20.8 Å². The third-order valence-corrected chi connectivity index (χ3v) is 5.28. The molecule has 0 aliphatic carbocycles. The van der Waals surface area contributed by atoms with Gasteiger partial charge in [0.25, 0.3) is 0 Å². The van der Waals surface area contributed by atoms with Crippen molar-refractivity contribution in [2.45, 2.75) is 30.2 Å². The highest BCUT2D eigenvalue weighted by Crippen LogP contribution is 2.27. The number of hydrogen-bond acceptors (Lipinski definition) is 5. The summed E-state index contributed by atoms with van der Waals surface area (Å²) in [5, 5.41) is 3.71. The number of aromatic nitrogens is 2. The number of nitrogens with zero attached hydrogens (tertiary/aromatic N) is 2. The molecule has 2 aromatic rings. The second-order valence-corrected chi connectivity index (χ2v) is 6.74. The van der Waals surface area contributed by atoms with Gasteiger partial charge in [-0.2, -0.15) is 0 Å². The number of carbonyl (C=O) groups is 1. The quantitative estimate of drug-likeness (QED) is 0.694. The molecule has 0 saturated carbocycles. The van der Waals surface area contributed by atoms with E-state index in [2.05, 4.69) is 10.3 Å². The Labute approximate surface area is 152 Å². The van der Waals surface area contributed by atoms with Gasteiger partial charge in [-0.3, -0.25) is 4.79 Å². The van der Waals surface area contributed by atoms with E-state index < -0.39 is 0 Å². The van der Waals surface area contributed by atoms with E-state index in [1.807, 2.05) is 42.9 Å². The Morgan fingerprint density at radius 1 is 1.32 bits per heavy atom. The predicted molar refractivity (Wildman–Crippen MR) is 99.4 cm³/mol. The Bertz CT molecular complexity index is 703. The maximum absolute atomic E-state index is 12.4. The summed E-state index contributed by atoms with van der Waals surface area (Å²) in [6.07, 6.45) is 5.10. The first-order valence-electron chi connectivity index (χ1n) is 8.21. The molecule has 1 N–H and O–H groups in total. The fourth-order valence-corrected chi connectivity index (χ4v) is 3.36. The summed E-state index contributed by atoms with van der Waals surface area (Å²) >= 11 is 1.49. The van der Waals surface area contributed by atoms with E-state index in [0.29, 0.717) is 18.0 Å². The van der Waals surface area contributed by atoms with Crippen LogP contribution in [0.1, 0.15) is 18.9 Å². The van der Waals surface area contributed by atoms with Gasteiger partial charge in [0.05, 0.1) is 19.5 Å². The monoisotopic (exact) mass is 363 g/mol. The molecule has 1 unspecified atom stereocenters. The van der Waals surface area contributed by atoms with Crippen LogP contribution in [-0.4, -0.2) is 41.5 Å². The number of thioether (sulfide) groups is 1. The Kier molecular flexibility index (Phi) is 7.18. The molecule has 2 rings (SSSR count). The number of hydrogen-bond donors (Lipinski definition) is 1. The SMILES string of the molecule is CCC(Sc1nccn1C)C(=O)NCCc1ccc(OC)c(OC)c1. The summed E-state index contributed by atoms with van der Waals surface area (Å²) in [6.45, 7) is 2.58. The topological polar surface area (TPSA) is 65.4 Å². The van der Waals surface area contributed by atoms with Gasteiger partial charge in [0.2, 0.25) is 5.91 Å². The standard InChI is InChI=1S/C18H25N3O3S/c1-5-16(25-18-20-10-11-21(18)2)17(22)19-9-8-13-6-7-14(23-3)15(12-13)24-4/h6-7,10-12,16H,5,8-9H2,1-4H3,(H,19,22). The number of aryl methyl sites for hydroxylation is 1. The van der Waals surface area contributed by atoms with Gasteiger partial charge in [-0.1, -0.05) is 24.8 Å². The van der Waals surface area contributed by atoms with E-state index in [0.717, 1.165) is 23.6 Å². The molecule has 25 heavy (non-hydrogen) atoms. The molecule has 7 heteroatoms. The van der Waals surface area contributed by atoms with Crippen LogP contribution in [0.25, 0.3) is 0 Å². The number of imidazole rings is 1. The molecule has 0 saturated heterocycles. The number of nitrogens with one attached hydrogen (secondary N) is 1. The lowest BCUT2D eigenvalue weighted by Gasteiger charge is -2.15. The first-order valence-corrected chi connectivity index (χ1v) is 9.09. The molecule has 136 valence electrons. The van der Waals surface area contributed by atoms with Gasteiger partial charge >= 0.3 is 0 Å². The molecule has 6 nitrogen and oxygen atoms in total. The fraction of sp³-hybridized carbons (Fsp3) is 0.444. The Balaban J connectivity index is 1.87. The molecule has 1 aromatic heterocycles. The molecule has 1 aromatic carbocycles. The second-order valence-electron chi connectivity index (χ2n) is 5.57. The molecule has 0 aliphatic heterocycles. The molecule has 0 aliphatic rings. The van der Waals surface area contributed by atoms with Crippen molar-refractivity contribution in [3.63, 3.8) is 0 Å². The van der Waals surface area contributed by atoms with Crippen LogP contribution in [0.2, 0.25) is 0 Å². The van der Waals surface area contributed by atoms with E-state index in [1.165, 1.54) is 11.8 Å². The average Bonchev–Trinajstić information content (AvgIpc) is 3.03. The lowest BCUT2D eigenvalue weighted by Crippen LogP contribution is -2.33. The summed E-state index contributed by atoms with van der Waals surface area (Å²) < 4.78 is 12.5. The minimum absolute atomic E-state index is 0.0379. The smallest absolute Gasteiger partial charge is 0.233 e. The van der Waals surface area contributed by atoms with Gasteiger partial charge in [0.1, 0.15) is 0 Å². The number of benzene rings is 1. The lowest BCUT2D eigenvalue weighted by molar-refractivity contribution is -0.120. The highest BCUT2D eigenvalue weighted by atomic mass is 32.2. The van der Waals surface area contributed by atoms with Crippen molar-refractivity contribution in [3.8, 4) is 11.5 Å². The summed E-state index contributed by atoms with van der Waals surface area (Å²) in [5.41, 5.74) is 1.09. The van der Waals surface area contributed by atoms with E-state index in [-0.39, 0.29) is 11.2 Å². The molecule has 0 fully saturated rings. The molecule has 1 amide bonds. The molecular formula is C18H25N3O3S. The van der Waals surface area contributed by atoms with Gasteiger partial charge in [-0.15, -0.1) is 0 Å². The van der Waals surface area contributed by atoms with Gasteiger partial charge in [-0.25, -0.2) is 4.98 Å². The van der Waals surface area contributed by atoms with Crippen LogP contribution in [-0.2, 0) is 18.3 Å². The van der Waals surface area contributed by atoms with Crippen LogP contribution < -0.4 is 14.8 Å². The van der Waals surface area contributed by atoms with Crippen molar-refractivity contribution in [1.29, 1.82) is 0 Å². The first-order chi connectivity index (χ1) is 12.1. The fourth-order valence-electron chi connectivity index (χ4n) is 2.39. The molecular weight excluding hydrogens is 338 g/mol. The van der Waals surface area contributed by atoms with Crippen LogP contribution in [0, 0.1) is 0 Å². The van der Waals surface area contributed by atoms with Crippen molar-refractivity contribution in [1.82, 2.24) is 14.9 Å². The Hall–Kier alpha value is -2.15. The minimum atomic E-state index is -0.147. The van der Waals surface area contributed by atoms with Gasteiger partial charge in [0.15, 0.2) is 16.7 Å². The number of methoxy groups -OCH3 is 2. The number of ether oxygens (including phenoxy) is 2. The van der Waals surface area contributed by atoms with Gasteiger partial charge < -0.3 is 19.4 Å². The molecule has 1 atom stereocenters. The third-order valence-electron chi connectivity index (χ3n) is 3.85. The summed E-state index contributed by atoms with van der Waals surface area (Å²) in [6, 6.07) is 5.79. The van der Waals surface area contributed by atoms with Crippen LogP contribution >= 0.6 is 11.8 Å². The van der Waals surface area contributed by atoms with Crippen LogP contribution in [0.5, 0.6) is 11.5 Å². The van der Waals surface area contributed by atoms with Gasteiger partial charge in [-0.05, 0) is 30.5 Å². The number of rotatable bonds is 9. The van der Waals surface area contributed by atoms with Crippen molar-refractivity contribution in [2.24, 2.45) is 7.05 Å². The Morgan fingerprint density at radius 2 is 2.08 bits per heavy atom. The number of carbonyl (C=O) groups excluding carboxylic acids is 1. The largest absolute Gasteiger partial charge is 0.493 e. The van der Waals surface area contributed by atoms with E-state index in [4.69, 9.17) is 9.47 Å². The zero-order valence-electron chi connectivity index (χ0n) is 15.1. The normalized spacial score (nSPS) is 11.8. The van der Waals surface area contributed by atoms with Crippen molar-refractivity contribution >= 4 is 17.7 Å². The van der Waals surface area contributed by atoms with Crippen LogP contribution in [0.4, 0.5) is 0 Å². The Morgan fingerprint density at radius 3 is 2.68 bits per heavy atom. The predicted octanol–water partition coefficient (Wildman–Crippen LogP) is 2.67. The van der Waals surface area contributed by atoms with Crippen LogP contribution in [0.15, 0.2) is 35.7 Å². The highest BCUT2D eigenvalue weighted by Gasteiger charge is 2.19. The van der Waals surface area contributed by atoms with E-state index in [9.17, 15) is 4.79 Å². The van der Waals surface area contributed by atoms with Gasteiger partial charge in [0, 0.05) is 26.0 Å². The summed E-state index contributed by atoms with van der Waals surface area (Å²) in [5.74, 6) is 1.44. The zero-order chi connectivity index (χ0) is 18.2. The average molecular weight is 363 g/mol. The maximum atomic E-state index is 12.4. The minimum Gasteiger partial charge on any atom is -0.493 e. The molecule has 0 radical (unpaired) electrons. The van der Waals surface area contributed by atoms with Crippen molar-refractivity contribution in [3.05, 3.63) is 36.2 Å². The molecule has 1 heterocycles. The second kappa shape index (κ2) is 9.36. The van der Waals surface area contributed by atoms with E-state index in [1.54, 1.807) is 20.4 Å². The number of amides is 1. The zero-order valence-corrected chi connectivity index (χ0v) is 15.9. The lowest BCUT2D eigenvalue weighted by atomic mass is 10.1. The maximum Gasteiger partial charge on any atom is 0.233 e. The first kappa shape index (κ1) is 19.2. The highest BCUT2D eigenvalue weighted by molar-refractivity contribution is 8.00. The molecule has 0 bridgehead atoms.